The molecule has 0 amide bonds. The van der Waals surface area contributed by atoms with Crippen molar-refractivity contribution in [3.05, 3.63) is 71.5 Å². The maximum absolute atomic E-state index is 6.12. The summed E-state index contributed by atoms with van der Waals surface area (Å²) >= 11 is 6.12. The summed E-state index contributed by atoms with van der Waals surface area (Å²) in [6.07, 6.45) is 0. The standard InChI is InChI=1S/C20H15ClN6/c1-12-22-13(2)24-17(23-12)15-8-10-16(11-9-15)19-25-18(26-20(21)27-19)14-6-4-3-5-7-14/h3-11H,1-2H3. The molecule has 0 bridgehead atoms. The van der Waals surface area contributed by atoms with E-state index in [1.807, 2.05) is 68.4 Å². The molecule has 27 heavy (non-hydrogen) atoms. The van der Waals surface area contributed by atoms with Gasteiger partial charge in [-0.1, -0.05) is 54.6 Å². The van der Waals surface area contributed by atoms with Gasteiger partial charge in [-0.25, -0.2) is 19.9 Å². The molecule has 2 aromatic heterocycles. The molecule has 0 radical (unpaired) electrons. The fraction of sp³-hybridized carbons (Fsp3) is 0.100. The van der Waals surface area contributed by atoms with Crippen LogP contribution < -0.4 is 0 Å². The van der Waals surface area contributed by atoms with Gasteiger partial charge in [0.1, 0.15) is 11.6 Å². The van der Waals surface area contributed by atoms with Gasteiger partial charge in [0.25, 0.3) is 0 Å². The highest BCUT2D eigenvalue weighted by molar-refractivity contribution is 6.28. The second kappa shape index (κ2) is 7.17. The van der Waals surface area contributed by atoms with E-state index in [2.05, 4.69) is 29.9 Å². The molecule has 0 atom stereocenters. The SMILES string of the molecule is Cc1nc(C)nc(-c2ccc(-c3nc(Cl)nc(-c4ccccc4)n3)cc2)n1. The largest absolute Gasteiger partial charge is 0.226 e. The third-order valence-electron chi connectivity index (χ3n) is 3.90. The number of halogens is 1. The van der Waals surface area contributed by atoms with Crippen molar-refractivity contribution in [2.75, 3.05) is 0 Å². The van der Waals surface area contributed by atoms with Gasteiger partial charge < -0.3 is 0 Å². The third kappa shape index (κ3) is 3.80. The Morgan fingerprint density at radius 3 is 1.48 bits per heavy atom. The smallest absolute Gasteiger partial charge is 0.219 e. The number of aromatic nitrogens is 6. The van der Waals surface area contributed by atoms with E-state index in [0.717, 1.165) is 16.7 Å². The Morgan fingerprint density at radius 1 is 0.519 bits per heavy atom. The highest BCUT2D eigenvalue weighted by Gasteiger charge is 2.10. The Balaban J connectivity index is 1.71. The van der Waals surface area contributed by atoms with Gasteiger partial charge in [0, 0.05) is 16.7 Å². The molecule has 0 unspecified atom stereocenters. The molecule has 4 rings (SSSR count). The van der Waals surface area contributed by atoms with E-state index >= 15 is 0 Å². The Morgan fingerprint density at radius 2 is 0.963 bits per heavy atom. The van der Waals surface area contributed by atoms with E-state index in [9.17, 15) is 0 Å². The van der Waals surface area contributed by atoms with Gasteiger partial charge in [0.15, 0.2) is 17.5 Å². The predicted molar refractivity (Wildman–Crippen MR) is 104 cm³/mol. The van der Waals surface area contributed by atoms with Crippen LogP contribution in [-0.4, -0.2) is 29.9 Å². The fourth-order valence-corrected chi connectivity index (χ4v) is 2.87. The summed E-state index contributed by atoms with van der Waals surface area (Å²) in [4.78, 5) is 26.0. The summed E-state index contributed by atoms with van der Waals surface area (Å²) in [6.45, 7) is 3.70. The minimum Gasteiger partial charge on any atom is -0.219 e. The van der Waals surface area contributed by atoms with Gasteiger partial charge in [-0.2, -0.15) is 9.97 Å². The second-order valence-corrected chi connectivity index (χ2v) is 6.29. The van der Waals surface area contributed by atoms with Crippen molar-refractivity contribution >= 4 is 11.6 Å². The van der Waals surface area contributed by atoms with Crippen LogP contribution >= 0.6 is 11.6 Å². The van der Waals surface area contributed by atoms with Crippen molar-refractivity contribution in [3.63, 3.8) is 0 Å². The minimum absolute atomic E-state index is 0.159. The van der Waals surface area contributed by atoms with Crippen molar-refractivity contribution in [3.8, 4) is 34.2 Å². The normalized spacial score (nSPS) is 10.8. The van der Waals surface area contributed by atoms with E-state index < -0.39 is 0 Å². The Labute approximate surface area is 161 Å². The highest BCUT2D eigenvalue weighted by atomic mass is 35.5. The van der Waals surface area contributed by atoms with Crippen LogP contribution in [0.5, 0.6) is 0 Å². The molecule has 132 valence electrons. The first kappa shape index (κ1) is 17.2. The van der Waals surface area contributed by atoms with E-state index in [4.69, 9.17) is 11.6 Å². The lowest BCUT2D eigenvalue weighted by atomic mass is 10.1. The lowest BCUT2D eigenvalue weighted by molar-refractivity contribution is 0.928. The molecule has 0 aliphatic carbocycles. The molecule has 7 heteroatoms. The lowest BCUT2D eigenvalue weighted by Crippen LogP contribution is -1.99. The summed E-state index contributed by atoms with van der Waals surface area (Å²) in [7, 11) is 0. The zero-order valence-electron chi connectivity index (χ0n) is 14.8. The lowest BCUT2D eigenvalue weighted by Gasteiger charge is -2.06. The predicted octanol–water partition coefficient (Wildman–Crippen LogP) is 4.33. The molecule has 0 aliphatic rings. The molecule has 0 N–H and O–H groups in total. The molecule has 0 aliphatic heterocycles. The molecule has 0 fully saturated rings. The van der Waals surface area contributed by atoms with E-state index in [1.165, 1.54) is 0 Å². The summed E-state index contributed by atoms with van der Waals surface area (Å²) in [5, 5.41) is 0.159. The van der Waals surface area contributed by atoms with Crippen molar-refractivity contribution in [1.82, 2.24) is 29.9 Å². The second-order valence-electron chi connectivity index (χ2n) is 5.95. The van der Waals surface area contributed by atoms with Gasteiger partial charge in [0.05, 0.1) is 0 Å². The third-order valence-corrected chi connectivity index (χ3v) is 4.07. The quantitative estimate of drug-likeness (QED) is 0.531. The summed E-state index contributed by atoms with van der Waals surface area (Å²) in [5.41, 5.74) is 2.62. The van der Waals surface area contributed by atoms with E-state index in [-0.39, 0.29) is 5.28 Å². The fourth-order valence-electron chi connectivity index (χ4n) is 2.71. The zero-order valence-corrected chi connectivity index (χ0v) is 15.5. The molecule has 0 spiro atoms. The highest BCUT2D eigenvalue weighted by Crippen LogP contribution is 2.24. The number of rotatable bonds is 3. The van der Waals surface area contributed by atoms with Crippen molar-refractivity contribution in [2.24, 2.45) is 0 Å². The Kier molecular flexibility index (Phi) is 4.56. The first-order valence-electron chi connectivity index (χ1n) is 8.35. The van der Waals surface area contributed by atoms with Crippen LogP contribution in [0, 0.1) is 13.8 Å². The molecule has 2 aromatic carbocycles. The van der Waals surface area contributed by atoms with E-state index in [0.29, 0.717) is 29.1 Å². The molecule has 4 aromatic rings. The molecule has 0 saturated carbocycles. The van der Waals surface area contributed by atoms with Crippen LogP contribution in [0.2, 0.25) is 5.28 Å². The molecular formula is C20H15ClN6. The Hall–Kier alpha value is -3.25. The number of nitrogens with zero attached hydrogens (tertiary/aromatic N) is 6. The van der Waals surface area contributed by atoms with Crippen LogP contribution in [0.3, 0.4) is 0 Å². The van der Waals surface area contributed by atoms with Crippen LogP contribution in [0.1, 0.15) is 11.6 Å². The average Bonchev–Trinajstić information content (AvgIpc) is 2.67. The van der Waals surface area contributed by atoms with Crippen LogP contribution in [0.25, 0.3) is 34.2 Å². The van der Waals surface area contributed by atoms with Gasteiger partial charge in [-0.05, 0) is 25.4 Å². The number of hydrogen-bond donors (Lipinski definition) is 0. The zero-order chi connectivity index (χ0) is 18.8. The minimum atomic E-state index is 0.159. The summed E-state index contributed by atoms with van der Waals surface area (Å²) < 4.78 is 0. The molecule has 6 nitrogen and oxygen atoms in total. The monoisotopic (exact) mass is 374 g/mol. The van der Waals surface area contributed by atoms with Crippen molar-refractivity contribution in [2.45, 2.75) is 13.8 Å². The van der Waals surface area contributed by atoms with Gasteiger partial charge >= 0.3 is 0 Å². The first-order chi connectivity index (χ1) is 13.1. The number of aryl methyl sites for hydroxylation is 2. The summed E-state index contributed by atoms with van der Waals surface area (Å²) in [5.74, 6) is 3.09. The molecular weight excluding hydrogens is 360 g/mol. The average molecular weight is 375 g/mol. The van der Waals surface area contributed by atoms with Gasteiger partial charge in [-0.3, -0.25) is 0 Å². The van der Waals surface area contributed by atoms with Crippen LogP contribution in [0.15, 0.2) is 54.6 Å². The Bertz CT molecular complexity index is 1080. The molecule has 2 heterocycles. The van der Waals surface area contributed by atoms with Gasteiger partial charge in [-0.15, -0.1) is 0 Å². The summed E-state index contributed by atoms with van der Waals surface area (Å²) in [6, 6.07) is 17.4. The number of benzene rings is 2. The topological polar surface area (TPSA) is 77.3 Å². The maximum atomic E-state index is 6.12. The number of hydrogen-bond acceptors (Lipinski definition) is 6. The van der Waals surface area contributed by atoms with E-state index in [1.54, 1.807) is 0 Å². The van der Waals surface area contributed by atoms with Crippen LogP contribution in [0.4, 0.5) is 0 Å². The van der Waals surface area contributed by atoms with Crippen molar-refractivity contribution < 1.29 is 0 Å². The molecule has 0 saturated heterocycles. The van der Waals surface area contributed by atoms with Gasteiger partial charge in [0.2, 0.25) is 5.28 Å². The first-order valence-corrected chi connectivity index (χ1v) is 8.73. The maximum Gasteiger partial charge on any atom is 0.226 e. The van der Waals surface area contributed by atoms with Crippen molar-refractivity contribution in [1.29, 1.82) is 0 Å². The van der Waals surface area contributed by atoms with Crippen LogP contribution in [-0.2, 0) is 0 Å².